The van der Waals surface area contributed by atoms with Crippen LogP contribution in [0.25, 0.3) is 10.9 Å². The van der Waals surface area contributed by atoms with E-state index < -0.39 is 0 Å². The highest BCUT2D eigenvalue weighted by molar-refractivity contribution is 5.98. The van der Waals surface area contributed by atoms with Crippen LogP contribution in [-0.4, -0.2) is 28.6 Å². The predicted octanol–water partition coefficient (Wildman–Crippen LogP) is 2.74. The van der Waals surface area contributed by atoms with Crippen molar-refractivity contribution in [3.8, 4) is 0 Å². The average molecular weight is 286 g/mol. The van der Waals surface area contributed by atoms with E-state index in [9.17, 15) is 9.90 Å². The summed E-state index contributed by atoms with van der Waals surface area (Å²) < 4.78 is 0. The molecule has 1 atom stereocenters. The first-order valence-corrected chi connectivity index (χ1v) is 7.35. The van der Waals surface area contributed by atoms with Crippen molar-refractivity contribution < 1.29 is 9.90 Å². The van der Waals surface area contributed by atoms with E-state index in [2.05, 4.69) is 10.3 Å². The van der Waals surface area contributed by atoms with Gasteiger partial charge in [-0.15, -0.1) is 0 Å². The summed E-state index contributed by atoms with van der Waals surface area (Å²) in [4.78, 5) is 16.7. The molecule has 1 unspecified atom stereocenters. The minimum atomic E-state index is -0.358. The van der Waals surface area contributed by atoms with E-state index in [1.165, 1.54) is 0 Å². The van der Waals surface area contributed by atoms with Crippen LogP contribution < -0.4 is 5.32 Å². The lowest BCUT2D eigenvalue weighted by atomic mass is 10.1. The maximum absolute atomic E-state index is 12.2. The number of rotatable bonds is 5. The molecule has 112 valence electrons. The summed E-state index contributed by atoms with van der Waals surface area (Å²) in [6.45, 7) is 6.26. The molecule has 0 spiro atoms. The minimum Gasteiger partial charge on any atom is -0.393 e. The smallest absolute Gasteiger partial charge is 0.253 e. The van der Waals surface area contributed by atoms with E-state index in [1.807, 2.05) is 45.0 Å². The van der Waals surface area contributed by atoms with Gasteiger partial charge in [0.2, 0.25) is 0 Å². The zero-order chi connectivity index (χ0) is 15.4. The summed E-state index contributed by atoms with van der Waals surface area (Å²) in [5.74, 6) is -0.133. The highest BCUT2D eigenvalue weighted by Crippen LogP contribution is 2.18. The van der Waals surface area contributed by atoms with Gasteiger partial charge in [0, 0.05) is 11.9 Å². The van der Waals surface area contributed by atoms with E-state index in [4.69, 9.17) is 0 Å². The number of carbonyl (C=O) groups excluding carboxylic acids is 1. The summed E-state index contributed by atoms with van der Waals surface area (Å²) in [6, 6.07) is 7.90. The first-order chi connectivity index (χ1) is 10.0. The number of pyridine rings is 1. The Balaban J connectivity index is 2.16. The highest BCUT2D eigenvalue weighted by atomic mass is 16.3. The summed E-state index contributed by atoms with van der Waals surface area (Å²) in [7, 11) is 0. The Labute approximate surface area is 125 Å². The number of aromatic nitrogens is 1. The third-order valence-electron chi connectivity index (χ3n) is 3.64. The third kappa shape index (κ3) is 3.79. The standard InChI is InChI=1S/C17H22N2O2/c1-4-14(20)7-8-18-17(21)15-10-13-9-11(2)5-6-16(13)19-12(15)3/h5-6,9-10,14,20H,4,7-8H2,1-3H3,(H,18,21). The van der Waals surface area contributed by atoms with Crippen molar-refractivity contribution in [1.82, 2.24) is 10.3 Å². The molecule has 2 aromatic rings. The van der Waals surface area contributed by atoms with E-state index >= 15 is 0 Å². The van der Waals surface area contributed by atoms with Crippen LogP contribution in [0.2, 0.25) is 0 Å². The van der Waals surface area contributed by atoms with Crippen molar-refractivity contribution in [3.05, 3.63) is 41.1 Å². The van der Waals surface area contributed by atoms with Crippen LogP contribution >= 0.6 is 0 Å². The second kappa shape index (κ2) is 6.68. The van der Waals surface area contributed by atoms with Crippen molar-refractivity contribution in [3.63, 3.8) is 0 Å². The number of hydrogen-bond acceptors (Lipinski definition) is 3. The molecule has 1 amide bonds. The Hall–Kier alpha value is -1.94. The monoisotopic (exact) mass is 286 g/mol. The maximum atomic E-state index is 12.2. The van der Waals surface area contributed by atoms with Gasteiger partial charge in [0.25, 0.3) is 5.91 Å². The number of aliphatic hydroxyl groups excluding tert-OH is 1. The van der Waals surface area contributed by atoms with Crippen LogP contribution in [0, 0.1) is 13.8 Å². The van der Waals surface area contributed by atoms with Crippen LogP contribution in [0.5, 0.6) is 0 Å². The molecule has 2 N–H and O–H groups in total. The first kappa shape index (κ1) is 15.4. The molecule has 0 radical (unpaired) electrons. The van der Waals surface area contributed by atoms with E-state index in [-0.39, 0.29) is 12.0 Å². The van der Waals surface area contributed by atoms with Crippen LogP contribution in [0.15, 0.2) is 24.3 Å². The number of amides is 1. The lowest BCUT2D eigenvalue weighted by Gasteiger charge is -2.11. The van der Waals surface area contributed by atoms with Gasteiger partial charge in [-0.1, -0.05) is 18.6 Å². The van der Waals surface area contributed by atoms with Crippen LogP contribution in [-0.2, 0) is 0 Å². The van der Waals surface area contributed by atoms with Crippen molar-refractivity contribution in [2.45, 2.75) is 39.7 Å². The number of nitrogens with one attached hydrogen (secondary N) is 1. The highest BCUT2D eigenvalue weighted by Gasteiger charge is 2.12. The van der Waals surface area contributed by atoms with E-state index in [1.54, 1.807) is 0 Å². The minimum absolute atomic E-state index is 0.133. The molecule has 4 heteroatoms. The largest absolute Gasteiger partial charge is 0.393 e. The predicted molar refractivity (Wildman–Crippen MR) is 84.5 cm³/mol. The van der Waals surface area contributed by atoms with Gasteiger partial charge in [-0.25, -0.2) is 0 Å². The number of benzene rings is 1. The molecule has 0 aliphatic carbocycles. The molecule has 1 aromatic heterocycles. The zero-order valence-electron chi connectivity index (χ0n) is 12.8. The molecule has 0 saturated heterocycles. The van der Waals surface area contributed by atoms with Crippen molar-refractivity contribution in [2.24, 2.45) is 0 Å². The normalized spacial score (nSPS) is 12.4. The van der Waals surface area contributed by atoms with Crippen molar-refractivity contribution >= 4 is 16.8 Å². The molecule has 2 rings (SSSR count). The fraction of sp³-hybridized carbons (Fsp3) is 0.412. The van der Waals surface area contributed by atoms with Crippen LogP contribution in [0.3, 0.4) is 0 Å². The molecule has 1 aromatic carbocycles. The molecule has 0 fully saturated rings. The second-order valence-corrected chi connectivity index (χ2v) is 5.42. The molecule has 0 bridgehead atoms. The quantitative estimate of drug-likeness (QED) is 0.888. The van der Waals surface area contributed by atoms with Crippen LogP contribution in [0.1, 0.15) is 41.4 Å². The van der Waals surface area contributed by atoms with Gasteiger partial charge >= 0.3 is 0 Å². The lowest BCUT2D eigenvalue weighted by molar-refractivity contribution is 0.0941. The van der Waals surface area contributed by atoms with Gasteiger partial charge < -0.3 is 10.4 Å². The second-order valence-electron chi connectivity index (χ2n) is 5.42. The number of hydrogen-bond donors (Lipinski definition) is 2. The summed E-state index contributed by atoms with van der Waals surface area (Å²) in [5.41, 5.74) is 3.36. The topological polar surface area (TPSA) is 62.2 Å². The van der Waals surface area contributed by atoms with Gasteiger partial charge in [0.05, 0.1) is 22.9 Å². The SMILES string of the molecule is CCC(O)CCNC(=O)c1cc2cc(C)ccc2nc1C. The van der Waals surface area contributed by atoms with E-state index in [0.717, 1.165) is 22.2 Å². The van der Waals surface area contributed by atoms with Gasteiger partial charge in [0.1, 0.15) is 0 Å². The Morgan fingerprint density at radius 3 is 2.81 bits per heavy atom. The molecule has 21 heavy (non-hydrogen) atoms. The molecular formula is C17H22N2O2. The summed E-state index contributed by atoms with van der Waals surface area (Å²) in [5, 5.41) is 13.3. The Bertz CT molecular complexity index is 653. The number of aliphatic hydroxyl groups is 1. The van der Waals surface area contributed by atoms with Gasteiger partial charge in [-0.05, 0) is 44.9 Å². The van der Waals surface area contributed by atoms with Crippen molar-refractivity contribution in [2.75, 3.05) is 6.54 Å². The van der Waals surface area contributed by atoms with Gasteiger partial charge in [-0.3, -0.25) is 9.78 Å². The first-order valence-electron chi connectivity index (χ1n) is 7.35. The summed E-state index contributed by atoms with van der Waals surface area (Å²) in [6.07, 6.45) is 0.913. The molecular weight excluding hydrogens is 264 g/mol. The molecule has 1 heterocycles. The van der Waals surface area contributed by atoms with Gasteiger partial charge in [-0.2, -0.15) is 0 Å². The fourth-order valence-electron chi connectivity index (χ4n) is 2.27. The fourth-order valence-corrected chi connectivity index (χ4v) is 2.27. The zero-order valence-corrected chi connectivity index (χ0v) is 12.8. The number of carbonyl (C=O) groups is 1. The van der Waals surface area contributed by atoms with Gasteiger partial charge in [0.15, 0.2) is 0 Å². The number of fused-ring (bicyclic) bond motifs is 1. The lowest BCUT2D eigenvalue weighted by Crippen LogP contribution is -2.27. The van der Waals surface area contributed by atoms with Crippen LogP contribution in [0.4, 0.5) is 0 Å². The van der Waals surface area contributed by atoms with Crippen molar-refractivity contribution in [1.29, 1.82) is 0 Å². The maximum Gasteiger partial charge on any atom is 0.253 e. The average Bonchev–Trinajstić information content (AvgIpc) is 2.46. The molecule has 0 aliphatic heterocycles. The Kier molecular flexibility index (Phi) is 4.91. The van der Waals surface area contributed by atoms with E-state index in [0.29, 0.717) is 24.9 Å². The Morgan fingerprint density at radius 1 is 1.33 bits per heavy atom. The third-order valence-corrected chi connectivity index (χ3v) is 3.64. The molecule has 0 saturated carbocycles. The number of aryl methyl sites for hydroxylation is 2. The Morgan fingerprint density at radius 2 is 2.10 bits per heavy atom. The molecule has 0 aliphatic rings. The molecule has 4 nitrogen and oxygen atoms in total. The number of nitrogens with zero attached hydrogens (tertiary/aromatic N) is 1. The summed E-state index contributed by atoms with van der Waals surface area (Å²) >= 11 is 0.